The van der Waals surface area contributed by atoms with Crippen molar-refractivity contribution in [3.63, 3.8) is 0 Å². The molecule has 0 spiro atoms. The highest BCUT2D eigenvalue weighted by Gasteiger charge is 2.15. The van der Waals surface area contributed by atoms with Crippen molar-refractivity contribution >= 4 is 5.82 Å². The van der Waals surface area contributed by atoms with E-state index in [0.717, 1.165) is 49.7 Å². The lowest BCUT2D eigenvalue weighted by atomic mass is 10.2. The van der Waals surface area contributed by atoms with E-state index in [-0.39, 0.29) is 5.56 Å². The molecule has 6 nitrogen and oxygen atoms in total. The van der Waals surface area contributed by atoms with Crippen LogP contribution in [0.3, 0.4) is 0 Å². The van der Waals surface area contributed by atoms with E-state index in [1.165, 1.54) is 13.0 Å². The Hall–Kier alpha value is -2.21. The minimum Gasteiger partial charge on any atom is -0.355 e. The van der Waals surface area contributed by atoms with Gasteiger partial charge in [-0.25, -0.2) is 9.97 Å². The third-order valence-corrected chi connectivity index (χ3v) is 4.87. The molecule has 1 N–H and O–H groups in total. The maximum absolute atomic E-state index is 11.9. The number of rotatable bonds is 4. The van der Waals surface area contributed by atoms with Crippen LogP contribution < -0.4 is 10.5 Å². The van der Waals surface area contributed by atoms with Crippen LogP contribution in [-0.2, 0) is 0 Å². The Kier molecular flexibility index (Phi) is 5.48. The number of aromatic nitrogens is 3. The highest BCUT2D eigenvalue weighted by molar-refractivity contribution is 5.56. The summed E-state index contributed by atoms with van der Waals surface area (Å²) in [6, 6.07) is 4.02. The molecule has 0 bridgehead atoms. The molecule has 1 aliphatic heterocycles. The Morgan fingerprint density at radius 3 is 2.68 bits per heavy atom. The Labute approximate surface area is 148 Å². The molecule has 0 aliphatic carbocycles. The van der Waals surface area contributed by atoms with Crippen LogP contribution in [-0.4, -0.2) is 52.6 Å². The summed E-state index contributed by atoms with van der Waals surface area (Å²) in [7, 11) is 0. The molecule has 134 valence electrons. The lowest BCUT2D eigenvalue weighted by Gasteiger charge is -2.22. The lowest BCUT2D eigenvalue weighted by Crippen LogP contribution is -2.31. The van der Waals surface area contributed by atoms with Crippen LogP contribution in [0.25, 0.3) is 11.4 Å². The SMILES string of the molecule is CCCN1CCCN(c2ccc(-c3nc(C)c(C)c(=O)[nH]3)cn2)CC1. The van der Waals surface area contributed by atoms with E-state index in [0.29, 0.717) is 11.4 Å². The molecule has 3 heterocycles. The van der Waals surface area contributed by atoms with Gasteiger partial charge in [0.25, 0.3) is 5.56 Å². The van der Waals surface area contributed by atoms with Crippen molar-refractivity contribution in [1.29, 1.82) is 0 Å². The van der Waals surface area contributed by atoms with Crippen molar-refractivity contribution in [3.8, 4) is 11.4 Å². The third-order valence-electron chi connectivity index (χ3n) is 4.87. The fraction of sp³-hybridized carbons (Fsp3) is 0.526. The molecular weight excluding hydrogens is 314 g/mol. The first-order chi connectivity index (χ1) is 12.1. The topological polar surface area (TPSA) is 65.1 Å². The van der Waals surface area contributed by atoms with Crippen LogP contribution in [0, 0.1) is 13.8 Å². The Bertz CT molecular complexity index is 768. The van der Waals surface area contributed by atoms with E-state index in [4.69, 9.17) is 0 Å². The van der Waals surface area contributed by atoms with Gasteiger partial charge in [-0.1, -0.05) is 6.92 Å². The summed E-state index contributed by atoms with van der Waals surface area (Å²) < 4.78 is 0. The first kappa shape index (κ1) is 17.6. The molecule has 6 heteroatoms. The third kappa shape index (κ3) is 4.07. The summed E-state index contributed by atoms with van der Waals surface area (Å²) in [5.74, 6) is 1.57. The minimum absolute atomic E-state index is 0.0879. The van der Waals surface area contributed by atoms with E-state index in [9.17, 15) is 4.79 Å². The van der Waals surface area contributed by atoms with Crippen molar-refractivity contribution in [2.75, 3.05) is 37.6 Å². The molecule has 0 atom stereocenters. The molecule has 1 saturated heterocycles. The van der Waals surface area contributed by atoms with Gasteiger partial charge in [0, 0.05) is 42.7 Å². The number of anilines is 1. The summed E-state index contributed by atoms with van der Waals surface area (Å²) in [6.07, 6.45) is 4.17. The van der Waals surface area contributed by atoms with Crippen LogP contribution in [0.5, 0.6) is 0 Å². The predicted octanol–water partition coefficient (Wildman–Crippen LogP) is 2.37. The van der Waals surface area contributed by atoms with Crippen molar-refractivity contribution in [2.24, 2.45) is 0 Å². The van der Waals surface area contributed by atoms with E-state index >= 15 is 0 Å². The maximum atomic E-state index is 11.9. The largest absolute Gasteiger partial charge is 0.355 e. The number of H-pyrrole nitrogens is 1. The van der Waals surface area contributed by atoms with Crippen LogP contribution >= 0.6 is 0 Å². The fourth-order valence-corrected chi connectivity index (χ4v) is 3.23. The molecule has 2 aromatic rings. The zero-order valence-corrected chi connectivity index (χ0v) is 15.4. The molecule has 3 rings (SSSR count). The number of hydrogen-bond acceptors (Lipinski definition) is 5. The smallest absolute Gasteiger partial charge is 0.254 e. The lowest BCUT2D eigenvalue weighted by molar-refractivity contribution is 0.294. The number of nitrogens with zero attached hydrogens (tertiary/aromatic N) is 4. The van der Waals surface area contributed by atoms with Crippen LogP contribution in [0.15, 0.2) is 23.1 Å². The van der Waals surface area contributed by atoms with Gasteiger partial charge in [-0.2, -0.15) is 0 Å². The second kappa shape index (κ2) is 7.78. The summed E-state index contributed by atoms with van der Waals surface area (Å²) in [5.41, 5.74) is 2.17. The molecule has 0 aromatic carbocycles. The van der Waals surface area contributed by atoms with Crippen LogP contribution in [0.2, 0.25) is 0 Å². The molecule has 1 aliphatic rings. The standard InChI is InChI=1S/C19H27N5O/c1-4-8-23-9-5-10-24(12-11-23)17-7-6-16(13-20-17)18-21-15(3)14(2)19(25)22-18/h6-7,13H,4-5,8-12H2,1-3H3,(H,21,22,25). The molecule has 25 heavy (non-hydrogen) atoms. The van der Waals surface area contributed by atoms with Gasteiger partial charge in [-0.15, -0.1) is 0 Å². The maximum Gasteiger partial charge on any atom is 0.254 e. The average Bonchev–Trinajstić information content (AvgIpc) is 2.85. The van der Waals surface area contributed by atoms with Gasteiger partial charge in [-0.05, 0) is 51.9 Å². The van der Waals surface area contributed by atoms with Crippen LogP contribution in [0.1, 0.15) is 31.0 Å². The van der Waals surface area contributed by atoms with Gasteiger partial charge in [-0.3, -0.25) is 4.79 Å². The zero-order chi connectivity index (χ0) is 17.8. The summed E-state index contributed by atoms with van der Waals surface area (Å²) in [4.78, 5) is 28.7. The Morgan fingerprint density at radius 2 is 2.00 bits per heavy atom. The van der Waals surface area contributed by atoms with Gasteiger partial charge < -0.3 is 14.8 Å². The molecule has 1 fully saturated rings. The highest BCUT2D eigenvalue weighted by Crippen LogP contribution is 2.19. The van der Waals surface area contributed by atoms with Gasteiger partial charge in [0.05, 0.1) is 0 Å². The number of hydrogen-bond donors (Lipinski definition) is 1. The normalized spacial score (nSPS) is 16.0. The van der Waals surface area contributed by atoms with Crippen molar-refractivity contribution in [1.82, 2.24) is 19.9 Å². The number of nitrogens with one attached hydrogen (secondary N) is 1. The fourth-order valence-electron chi connectivity index (χ4n) is 3.23. The number of pyridine rings is 1. The van der Waals surface area contributed by atoms with E-state index in [1.54, 1.807) is 13.1 Å². The van der Waals surface area contributed by atoms with Gasteiger partial charge >= 0.3 is 0 Å². The van der Waals surface area contributed by atoms with Gasteiger partial charge in [0.2, 0.25) is 0 Å². The van der Waals surface area contributed by atoms with Crippen molar-refractivity contribution in [3.05, 3.63) is 39.9 Å². The average molecular weight is 341 g/mol. The molecule has 2 aromatic heterocycles. The zero-order valence-electron chi connectivity index (χ0n) is 15.4. The highest BCUT2D eigenvalue weighted by atomic mass is 16.1. The van der Waals surface area contributed by atoms with E-state index < -0.39 is 0 Å². The van der Waals surface area contributed by atoms with Crippen LogP contribution in [0.4, 0.5) is 5.82 Å². The van der Waals surface area contributed by atoms with Crippen molar-refractivity contribution in [2.45, 2.75) is 33.6 Å². The van der Waals surface area contributed by atoms with Crippen molar-refractivity contribution < 1.29 is 0 Å². The monoisotopic (exact) mass is 341 g/mol. The predicted molar refractivity (Wildman–Crippen MR) is 101 cm³/mol. The first-order valence-corrected chi connectivity index (χ1v) is 9.09. The summed E-state index contributed by atoms with van der Waals surface area (Å²) in [6.45, 7) is 11.3. The first-order valence-electron chi connectivity index (χ1n) is 9.09. The molecular formula is C19H27N5O. The summed E-state index contributed by atoms with van der Waals surface area (Å²) in [5, 5.41) is 0. The van der Waals surface area contributed by atoms with Gasteiger partial charge in [0.15, 0.2) is 0 Å². The quantitative estimate of drug-likeness (QED) is 0.925. The Morgan fingerprint density at radius 1 is 1.16 bits per heavy atom. The number of aryl methyl sites for hydroxylation is 1. The summed E-state index contributed by atoms with van der Waals surface area (Å²) >= 11 is 0. The molecule has 0 saturated carbocycles. The number of aromatic amines is 1. The molecule has 0 radical (unpaired) electrons. The second-order valence-electron chi connectivity index (χ2n) is 6.71. The van der Waals surface area contributed by atoms with E-state index in [1.807, 2.05) is 19.1 Å². The Balaban J connectivity index is 1.75. The molecule has 0 unspecified atom stereocenters. The van der Waals surface area contributed by atoms with E-state index in [2.05, 4.69) is 31.7 Å². The van der Waals surface area contributed by atoms with Gasteiger partial charge in [0.1, 0.15) is 11.6 Å². The minimum atomic E-state index is -0.0879. The molecule has 0 amide bonds. The second-order valence-corrected chi connectivity index (χ2v) is 6.71.